The van der Waals surface area contributed by atoms with Crippen molar-refractivity contribution in [2.24, 2.45) is 0 Å². The summed E-state index contributed by atoms with van der Waals surface area (Å²) in [7, 11) is 0. The Kier molecular flexibility index (Phi) is 2.57. The molecular formula is C17H14N2O2. The number of carbonyl (C=O) groups is 2. The summed E-state index contributed by atoms with van der Waals surface area (Å²) in [6, 6.07) is 15.1. The normalized spacial score (nSPS) is 22.5. The van der Waals surface area contributed by atoms with Crippen LogP contribution in [0.5, 0.6) is 0 Å². The van der Waals surface area contributed by atoms with E-state index >= 15 is 0 Å². The fraction of sp³-hybridized carbons (Fsp3) is 0.176. The van der Waals surface area contributed by atoms with Gasteiger partial charge in [0.15, 0.2) is 0 Å². The van der Waals surface area contributed by atoms with Gasteiger partial charge in [-0.1, -0.05) is 36.4 Å². The molecule has 4 nitrogen and oxygen atoms in total. The van der Waals surface area contributed by atoms with Gasteiger partial charge in [0.2, 0.25) is 0 Å². The summed E-state index contributed by atoms with van der Waals surface area (Å²) in [5.74, 6) is -0.0681. The maximum absolute atomic E-state index is 12.0. The van der Waals surface area contributed by atoms with Gasteiger partial charge in [-0.15, -0.1) is 0 Å². The highest BCUT2D eigenvalue weighted by Gasteiger charge is 2.34. The predicted molar refractivity (Wildman–Crippen MR) is 77.9 cm³/mol. The molecule has 0 aliphatic carbocycles. The molecule has 2 heterocycles. The Labute approximate surface area is 122 Å². The summed E-state index contributed by atoms with van der Waals surface area (Å²) in [5, 5.41) is 6.00. The number of hydrogen-bond donors (Lipinski definition) is 2. The average Bonchev–Trinajstić information content (AvgIpc) is 3.00. The Morgan fingerprint density at radius 1 is 0.714 bits per heavy atom. The third-order valence-corrected chi connectivity index (χ3v) is 4.24. The number of benzene rings is 2. The van der Waals surface area contributed by atoms with Crippen LogP contribution >= 0.6 is 0 Å². The van der Waals surface area contributed by atoms with Crippen LogP contribution in [0.3, 0.4) is 0 Å². The molecule has 0 bridgehead atoms. The van der Waals surface area contributed by atoms with Crippen LogP contribution in [-0.4, -0.2) is 11.8 Å². The SMILES string of the molecule is O=C1NC(CC2NC(=O)c3ccccc32)c2ccccc21. The maximum atomic E-state index is 12.0. The summed E-state index contributed by atoms with van der Waals surface area (Å²) >= 11 is 0. The minimum Gasteiger partial charge on any atom is -0.345 e. The van der Waals surface area contributed by atoms with Crippen molar-refractivity contribution < 1.29 is 9.59 Å². The Bertz CT molecular complexity index is 690. The average molecular weight is 278 g/mol. The molecule has 2 aliphatic heterocycles. The monoisotopic (exact) mass is 278 g/mol. The zero-order valence-corrected chi connectivity index (χ0v) is 11.3. The van der Waals surface area contributed by atoms with Gasteiger partial charge in [0.05, 0.1) is 12.1 Å². The van der Waals surface area contributed by atoms with Gasteiger partial charge >= 0.3 is 0 Å². The first-order valence-corrected chi connectivity index (χ1v) is 7.03. The third-order valence-electron chi connectivity index (χ3n) is 4.24. The first kappa shape index (κ1) is 12.1. The molecule has 0 aromatic heterocycles. The van der Waals surface area contributed by atoms with Gasteiger partial charge in [-0.3, -0.25) is 9.59 Å². The van der Waals surface area contributed by atoms with Crippen LogP contribution in [0.1, 0.15) is 50.3 Å². The lowest BCUT2D eigenvalue weighted by molar-refractivity contribution is 0.0948. The fourth-order valence-corrected chi connectivity index (χ4v) is 3.25. The molecule has 4 rings (SSSR count). The molecule has 0 saturated heterocycles. The molecule has 2 aliphatic rings. The van der Waals surface area contributed by atoms with Crippen molar-refractivity contribution in [1.29, 1.82) is 0 Å². The van der Waals surface area contributed by atoms with Crippen molar-refractivity contribution in [2.75, 3.05) is 0 Å². The Morgan fingerprint density at radius 2 is 1.14 bits per heavy atom. The lowest BCUT2D eigenvalue weighted by Gasteiger charge is -2.18. The highest BCUT2D eigenvalue weighted by atomic mass is 16.2. The maximum Gasteiger partial charge on any atom is 0.252 e. The molecule has 0 saturated carbocycles. The Balaban J connectivity index is 1.64. The molecule has 0 fully saturated rings. The molecule has 2 aromatic carbocycles. The van der Waals surface area contributed by atoms with Crippen molar-refractivity contribution in [3.63, 3.8) is 0 Å². The van der Waals surface area contributed by atoms with Crippen LogP contribution in [0.15, 0.2) is 48.5 Å². The van der Waals surface area contributed by atoms with Crippen LogP contribution in [0.4, 0.5) is 0 Å². The van der Waals surface area contributed by atoms with E-state index in [0.717, 1.165) is 22.3 Å². The Hall–Kier alpha value is -2.62. The van der Waals surface area contributed by atoms with E-state index < -0.39 is 0 Å². The standard InChI is InChI=1S/C17H14N2O2/c20-16-12-7-3-1-5-10(12)14(18-16)9-15-11-6-2-4-8-13(11)17(21)19-15/h1-8,14-15H,9H2,(H,18,20)(H,19,21). The van der Waals surface area contributed by atoms with E-state index in [0.29, 0.717) is 6.42 Å². The van der Waals surface area contributed by atoms with Crippen molar-refractivity contribution in [1.82, 2.24) is 10.6 Å². The molecule has 2 unspecified atom stereocenters. The molecular weight excluding hydrogens is 264 g/mol. The van der Waals surface area contributed by atoms with Gasteiger partial charge in [0, 0.05) is 11.1 Å². The van der Waals surface area contributed by atoms with Crippen molar-refractivity contribution in [3.8, 4) is 0 Å². The van der Waals surface area contributed by atoms with Crippen molar-refractivity contribution in [2.45, 2.75) is 18.5 Å². The van der Waals surface area contributed by atoms with Gasteiger partial charge < -0.3 is 10.6 Å². The lowest BCUT2D eigenvalue weighted by Crippen LogP contribution is -2.25. The van der Waals surface area contributed by atoms with Crippen molar-refractivity contribution >= 4 is 11.8 Å². The number of amides is 2. The predicted octanol–water partition coefficient (Wildman–Crippen LogP) is 2.35. The van der Waals surface area contributed by atoms with Crippen LogP contribution < -0.4 is 10.6 Å². The first-order chi connectivity index (χ1) is 10.2. The third kappa shape index (κ3) is 1.83. The van der Waals surface area contributed by atoms with E-state index in [1.54, 1.807) is 0 Å². The quantitative estimate of drug-likeness (QED) is 0.886. The van der Waals surface area contributed by atoms with E-state index in [9.17, 15) is 9.59 Å². The van der Waals surface area contributed by atoms with Crippen LogP contribution in [0.25, 0.3) is 0 Å². The van der Waals surface area contributed by atoms with Gasteiger partial charge in [0.1, 0.15) is 0 Å². The van der Waals surface area contributed by atoms with Gasteiger partial charge in [-0.25, -0.2) is 0 Å². The number of hydrogen-bond acceptors (Lipinski definition) is 2. The Morgan fingerprint density at radius 3 is 1.62 bits per heavy atom. The zero-order valence-electron chi connectivity index (χ0n) is 11.3. The van der Waals surface area contributed by atoms with Crippen LogP contribution in [-0.2, 0) is 0 Å². The summed E-state index contributed by atoms with van der Waals surface area (Å²) in [6.07, 6.45) is 0.672. The topological polar surface area (TPSA) is 58.2 Å². The van der Waals surface area contributed by atoms with E-state index in [4.69, 9.17) is 0 Å². The minimum atomic E-state index is -0.0508. The second-order valence-corrected chi connectivity index (χ2v) is 5.46. The minimum absolute atomic E-state index is 0.0341. The highest BCUT2D eigenvalue weighted by molar-refractivity contribution is 6.00. The first-order valence-electron chi connectivity index (χ1n) is 7.03. The van der Waals surface area contributed by atoms with Gasteiger partial charge in [0.25, 0.3) is 11.8 Å². The molecule has 2 atom stereocenters. The number of fused-ring (bicyclic) bond motifs is 2. The summed E-state index contributed by atoms with van der Waals surface area (Å²) in [6.45, 7) is 0. The number of nitrogens with one attached hydrogen (secondary N) is 2. The number of rotatable bonds is 2. The molecule has 4 heteroatoms. The van der Waals surface area contributed by atoms with Gasteiger partial charge in [-0.2, -0.15) is 0 Å². The fourth-order valence-electron chi connectivity index (χ4n) is 3.25. The van der Waals surface area contributed by atoms with Crippen LogP contribution in [0.2, 0.25) is 0 Å². The van der Waals surface area contributed by atoms with E-state index in [-0.39, 0.29) is 23.9 Å². The van der Waals surface area contributed by atoms with Crippen molar-refractivity contribution in [3.05, 3.63) is 70.8 Å². The zero-order chi connectivity index (χ0) is 14.4. The lowest BCUT2D eigenvalue weighted by atomic mass is 9.95. The second-order valence-electron chi connectivity index (χ2n) is 5.46. The molecule has 104 valence electrons. The summed E-state index contributed by atoms with van der Waals surface area (Å²) in [4.78, 5) is 23.9. The molecule has 2 N–H and O–H groups in total. The smallest absolute Gasteiger partial charge is 0.252 e. The summed E-state index contributed by atoms with van der Waals surface area (Å²) < 4.78 is 0. The van der Waals surface area contributed by atoms with E-state index in [1.165, 1.54) is 0 Å². The second kappa shape index (κ2) is 4.45. The molecule has 0 spiro atoms. The molecule has 2 amide bonds. The van der Waals surface area contributed by atoms with E-state index in [2.05, 4.69) is 10.6 Å². The largest absolute Gasteiger partial charge is 0.345 e. The van der Waals surface area contributed by atoms with Gasteiger partial charge in [-0.05, 0) is 29.7 Å². The van der Waals surface area contributed by atoms with E-state index in [1.807, 2.05) is 48.5 Å². The van der Waals surface area contributed by atoms with Crippen LogP contribution in [0, 0.1) is 0 Å². The molecule has 21 heavy (non-hydrogen) atoms. The molecule has 2 aromatic rings. The molecule has 0 radical (unpaired) electrons. The highest BCUT2D eigenvalue weighted by Crippen LogP contribution is 2.36. The number of carbonyl (C=O) groups excluding carboxylic acids is 2. The summed E-state index contributed by atoms with van der Waals surface area (Å²) in [5.41, 5.74) is 3.50.